The minimum Gasteiger partial charge on any atom is -0.481 e. The maximum Gasteiger partial charge on any atom is 0.307 e. The number of carboxylic acids is 1. The van der Waals surface area contributed by atoms with Crippen LogP contribution in [0.15, 0.2) is 48.5 Å². The van der Waals surface area contributed by atoms with Gasteiger partial charge in [0.1, 0.15) is 5.82 Å². The molecule has 0 fully saturated rings. The first-order chi connectivity index (χ1) is 9.56. The lowest BCUT2D eigenvalue weighted by Gasteiger charge is -2.09. The van der Waals surface area contributed by atoms with E-state index in [4.69, 9.17) is 5.11 Å². The SMILES string of the molecule is O=C(O)Cc1ccccc1NC(=O)c1ccc(F)cc1. The molecule has 0 spiro atoms. The Labute approximate surface area is 114 Å². The van der Waals surface area contributed by atoms with Gasteiger partial charge in [0.25, 0.3) is 5.91 Å². The molecule has 1 amide bonds. The lowest BCUT2D eigenvalue weighted by molar-refractivity contribution is -0.136. The van der Waals surface area contributed by atoms with E-state index < -0.39 is 17.7 Å². The van der Waals surface area contributed by atoms with Gasteiger partial charge in [0, 0.05) is 11.3 Å². The quantitative estimate of drug-likeness (QED) is 0.900. The largest absolute Gasteiger partial charge is 0.481 e. The Morgan fingerprint density at radius 1 is 1.05 bits per heavy atom. The predicted octanol–water partition coefficient (Wildman–Crippen LogP) is 2.71. The van der Waals surface area contributed by atoms with Crippen LogP contribution in [0.2, 0.25) is 0 Å². The molecule has 2 aromatic rings. The topological polar surface area (TPSA) is 66.4 Å². The van der Waals surface area contributed by atoms with Crippen LogP contribution >= 0.6 is 0 Å². The lowest BCUT2D eigenvalue weighted by Crippen LogP contribution is -2.14. The molecule has 0 saturated heterocycles. The van der Waals surface area contributed by atoms with Crippen molar-refractivity contribution in [1.29, 1.82) is 0 Å². The fourth-order valence-corrected chi connectivity index (χ4v) is 1.76. The van der Waals surface area contributed by atoms with Crippen LogP contribution in [-0.4, -0.2) is 17.0 Å². The van der Waals surface area contributed by atoms with Crippen molar-refractivity contribution in [3.63, 3.8) is 0 Å². The zero-order chi connectivity index (χ0) is 14.5. The molecule has 0 bridgehead atoms. The van der Waals surface area contributed by atoms with Crippen LogP contribution in [0.3, 0.4) is 0 Å². The van der Waals surface area contributed by atoms with Crippen molar-refractivity contribution in [3.8, 4) is 0 Å². The van der Waals surface area contributed by atoms with Gasteiger partial charge in [0.2, 0.25) is 0 Å². The third-order valence-electron chi connectivity index (χ3n) is 2.71. The first-order valence-electron chi connectivity index (χ1n) is 5.93. The van der Waals surface area contributed by atoms with Crippen LogP contribution in [0.1, 0.15) is 15.9 Å². The van der Waals surface area contributed by atoms with Crippen LogP contribution in [-0.2, 0) is 11.2 Å². The molecule has 0 atom stereocenters. The maximum atomic E-state index is 12.8. The highest BCUT2D eigenvalue weighted by Crippen LogP contribution is 2.17. The van der Waals surface area contributed by atoms with Gasteiger partial charge in [-0.25, -0.2) is 4.39 Å². The standard InChI is InChI=1S/C15H12FNO3/c16-12-7-5-10(6-8-12)15(20)17-13-4-2-1-3-11(13)9-14(18)19/h1-8H,9H2,(H,17,20)(H,18,19). The number of hydrogen-bond donors (Lipinski definition) is 2. The maximum absolute atomic E-state index is 12.8. The molecule has 102 valence electrons. The zero-order valence-electron chi connectivity index (χ0n) is 10.5. The first kappa shape index (κ1) is 13.7. The molecular formula is C15H12FNO3. The Bertz CT molecular complexity index is 638. The van der Waals surface area contributed by atoms with Crippen LogP contribution < -0.4 is 5.32 Å². The molecule has 0 heterocycles. The number of hydrogen-bond acceptors (Lipinski definition) is 2. The number of rotatable bonds is 4. The van der Waals surface area contributed by atoms with E-state index in [1.165, 1.54) is 24.3 Å². The molecule has 0 aliphatic heterocycles. The molecule has 2 rings (SSSR count). The van der Waals surface area contributed by atoms with Crippen molar-refractivity contribution in [3.05, 3.63) is 65.5 Å². The van der Waals surface area contributed by atoms with Gasteiger partial charge in [-0.1, -0.05) is 18.2 Å². The number of para-hydroxylation sites is 1. The predicted molar refractivity (Wildman–Crippen MR) is 72.1 cm³/mol. The Morgan fingerprint density at radius 2 is 1.70 bits per heavy atom. The van der Waals surface area contributed by atoms with E-state index in [0.29, 0.717) is 16.8 Å². The summed E-state index contributed by atoms with van der Waals surface area (Å²) in [5.74, 6) is -1.82. The summed E-state index contributed by atoms with van der Waals surface area (Å²) in [6.45, 7) is 0. The number of carboxylic acid groups (broad SMARTS) is 1. The highest BCUT2D eigenvalue weighted by atomic mass is 19.1. The molecule has 0 unspecified atom stereocenters. The third-order valence-corrected chi connectivity index (χ3v) is 2.71. The van der Waals surface area contributed by atoms with Gasteiger partial charge in [-0.05, 0) is 35.9 Å². The molecule has 0 radical (unpaired) electrons. The third kappa shape index (κ3) is 3.41. The zero-order valence-corrected chi connectivity index (χ0v) is 10.5. The summed E-state index contributed by atoms with van der Waals surface area (Å²) in [5, 5.41) is 11.4. The van der Waals surface area contributed by atoms with Gasteiger partial charge in [0.05, 0.1) is 6.42 Å². The number of carbonyl (C=O) groups is 2. The summed E-state index contributed by atoms with van der Waals surface area (Å²) in [5.41, 5.74) is 1.25. The van der Waals surface area contributed by atoms with Gasteiger partial charge < -0.3 is 10.4 Å². The van der Waals surface area contributed by atoms with Crippen LogP contribution in [0, 0.1) is 5.82 Å². The van der Waals surface area contributed by atoms with E-state index in [9.17, 15) is 14.0 Å². The summed E-state index contributed by atoms with van der Waals surface area (Å²) < 4.78 is 12.8. The smallest absolute Gasteiger partial charge is 0.307 e. The van der Waals surface area contributed by atoms with Gasteiger partial charge >= 0.3 is 5.97 Å². The second kappa shape index (κ2) is 5.97. The van der Waals surface area contributed by atoms with E-state index >= 15 is 0 Å². The van der Waals surface area contributed by atoms with Gasteiger partial charge in [-0.3, -0.25) is 9.59 Å². The molecule has 2 N–H and O–H groups in total. The lowest BCUT2D eigenvalue weighted by atomic mass is 10.1. The molecule has 0 saturated carbocycles. The minimum absolute atomic E-state index is 0.181. The highest BCUT2D eigenvalue weighted by molar-refractivity contribution is 6.04. The number of carbonyl (C=O) groups excluding carboxylic acids is 1. The van der Waals surface area contributed by atoms with E-state index in [0.717, 1.165) is 0 Å². The van der Waals surface area contributed by atoms with Gasteiger partial charge in [-0.15, -0.1) is 0 Å². The summed E-state index contributed by atoms with van der Waals surface area (Å²) in [4.78, 5) is 22.7. The Kier molecular flexibility index (Phi) is 4.10. The second-order valence-electron chi connectivity index (χ2n) is 4.19. The fourth-order valence-electron chi connectivity index (χ4n) is 1.76. The second-order valence-corrected chi connectivity index (χ2v) is 4.19. The van der Waals surface area contributed by atoms with Crippen LogP contribution in [0.25, 0.3) is 0 Å². The average molecular weight is 273 g/mol. The van der Waals surface area contributed by atoms with Crippen molar-refractivity contribution >= 4 is 17.6 Å². The van der Waals surface area contributed by atoms with Crippen molar-refractivity contribution in [2.45, 2.75) is 6.42 Å². The molecule has 5 heteroatoms. The Morgan fingerprint density at radius 3 is 2.35 bits per heavy atom. The van der Waals surface area contributed by atoms with Crippen molar-refractivity contribution in [2.75, 3.05) is 5.32 Å². The molecule has 0 aliphatic carbocycles. The van der Waals surface area contributed by atoms with Crippen LogP contribution in [0.5, 0.6) is 0 Å². The number of aliphatic carboxylic acids is 1. The number of anilines is 1. The van der Waals surface area contributed by atoms with E-state index in [1.54, 1.807) is 24.3 Å². The van der Waals surface area contributed by atoms with E-state index in [1.807, 2.05) is 0 Å². The summed E-state index contributed by atoms with van der Waals surface area (Å²) in [6.07, 6.45) is -0.181. The minimum atomic E-state index is -0.978. The number of benzene rings is 2. The molecule has 0 aliphatic rings. The highest BCUT2D eigenvalue weighted by Gasteiger charge is 2.10. The molecule has 0 aromatic heterocycles. The monoisotopic (exact) mass is 273 g/mol. The number of amides is 1. The van der Waals surface area contributed by atoms with Gasteiger partial charge in [0.15, 0.2) is 0 Å². The van der Waals surface area contributed by atoms with Crippen molar-refractivity contribution < 1.29 is 19.1 Å². The van der Waals surface area contributed by atoms with Crippen molar-refractivity contribution in [2.24, 2.45) is 0 Å². The van der Waals surface area contributed by atoms with Gasteiger partial charge in [-0.2, -0.15) is 0 Å². The molecular weight excluding hydrogens is 261 g/mol. The van der Waals surface area contributed by atoms with E-state index in [-0.39, 0.29) is 6.42 Å². The summed E-state index contributed by atoms with van der Waals surface area (Å²) in [6, 6.07) is 11.8. The molecule has 20 heavy (non-hydrogen) atoms. The van der Waals surface area contributed by atoms with Crippen LogP contribution in [0.4, 0.5) is 10.1 Å². The van der Waals surface area contributed by atoms with E-state index in [2.05, 4.69) is 5.32 Å². The van der Waals surface area contributed by atoms with Crippen molar-refractivity contribution in [1.82, 2.24) is 0 Å². The first-order valence-corrected chi connectivity index (χ1v) is 5.93. The number of nitrogens with one attached hydrogen (secondary N) is 1. The Balaban J connectivity index is 2.19. The average Bonchev–Trinajstić information content (AvgIpc) is 2.41. The molecule has 2 aromatic carbocycles. The Hall–Kier alpha value is -2.69. The molecule has 4 nitrogen and oxygen atoms in total. The summed E-state index contributed by atoms with van der Waals surface area (Å²) >= 11 is 0. The fraction of sp³-hybridized carbons (Fsp3) is 0.0667. The summed E-state index contributed by atoms with van der Waals surface area (Å²) in [7, 11) is 0. The normalized spacial score (nSPS) is 10.1. The number of halogens is 1.